The van der Waals surface area contributed by atoms with Crippen LogP contribution in [0, 0.1) is 5.82 Å². The average Bonchev–Trinajstić information content (AvgIpc) is 2.83. The molecule has 0 aliphatic heterocycles. The fraction of sp³-hybridized carbons (Fsp3) is 0.400. The molecule has 0 spiro atoms. The smallest absolute Gasteiger partial charge is 0.124 e. The molecule has 1 aromatic heterocycles. The third-order valence-electron chi connectivity index (χ3n) is 3.17. The molecule has 0 saturated carbocycles. The Hall–Kier alpha value is -1.98. The van der Waals surface area contributed by atoms with E-state index in [4.69, 9.17) is 5.53 Å². The summed E-state index contributed by atoms with van der Waals surface area (Å²) in [5, 5.41) is 4.59. The van der Waals surface area contributed by atoms with Gasteiger partial charge in [-0.25, -0.2) is 9.37 Å². The third-order valence-corrected chi connectivity index (χ3v) is 4.29. The predicted molar refractivity (Wildman–Crippen MR) is 85.4 cm³/mol. The van der Waals surface area contributed by atoms with E-state index in [-0.39, 0.29) is 18.3 Å². The number of hydrogen-bond donors (Lipinski definition) is 0. The maximum Gasteiger partial charge on any atom is 0.124 e. The molecule has 2 aromatic rings. The number of benzene rings is 1. The number of imidazole rings is 1. The van der Waals surface area contributed by atoms with Crippen LogP contribution in [0.4, 0.5) is 4.39 Å². The van der Waals surface area contributed by atoms with E-state index in [1.54, 1.807) is 6.07 Å². The summed E-state index contributed by atoms with van der Waals surface area (Å²) in [4.78, 5) is 8.25. The van der Waals surface area contributed by atoms with E-state index >= 15 is 0 Å². The van der Waals surface area contributed by atoms with Gasteiger partial charge in [-0.1, -0.05) is 36.8 Å². The van der Waals surface area contributed by atoms with E-state index in [9.17, 15) is 4.39 Å². The molecule has 0 amide bonds. The Morgan fingerprint density at radius 3 is 2.82 bits per heavy atom. The SMILES string of the molecule is CCn1c(CN=[N+]=[N-])nc(C(C)C)c1Sc1cccc(F)c1. The fourth-order valence-electron chi connectivity index (χ4n) is 2.17. The van der Waals surface area contributed by atoms with Gasteiger partial charge in [-0.2, -0.15) is 0 Å². The summed E-state index contributed by atoms with van der Waals surface area (Å²) < 4.78 is 15.4. The van der Waals surface area contributed by atoms with Crippen LogP contribution in [0.3, 0.4) is 0 Å². The summed E-state index contributed by atoms with van der Waals surface area (Å²) in [7, 11) is 0. The van der Waals surface area contributed by atoms with Crippen LogP contribution in [0.2, 0.25) is 0 Å². The van der Waals surface area contributed by atoms with Crippen LogP contribution in [0.15, 0.2) is 39.3 Å². The number of aromatic nitrogens is 2. The summed E-state index contributed by atoms with van der Waals surface area (Å²) in [6.07, 6.45) is 0. The highest BCUT2D eigenvalue weighted by molar-refractivity contribution is 7.99. The van der Waals surface area contributed by atoms with Crippen LogP contribution in [-0.2, 0) is 13.1 Å². The van der Waals surface area contributed by atoms with Gasteiger partial charge in [0.25, 0.3) is 0 Å². The van der Waals surface area contributed by atoms with Crippen molar-refractivity contribution in [2.75, 3.05) is 0 Å². The van der Waals surface area contributed by atoms with Crippen LogP contribution in [-0.4, -0.2) is 9.55 Å². The molecule has 5 nitrogen and oxygen atoms in total. The second-order valence-electron chi connectivity index (χ2n) is 5.07. The number of hydrogen-bond acceptors (Lipinski definition) is 3. The van der Waals surface area contributed by atoms with Gasteiger partial charge in [-0.15, -0.1) is 0 Å². The number of nitrogens with zero attached hydrogens (tertiary/aromatic N) is 5. The minimum Gasteiger partial charge on any atom is -0.323 e. The van der Waals surface area contributed by atoms with Gasteiger partial charge in [0.1, 0.15) is 16.7 Å². The van der Waals surface area contributed by atoms with E-state index in [2.05, 4.69) is 28.9 Å². The van der Waals surface area contributed by atoms with E-state index in [0.717, 1.165) is 21.4 Å². The summed E-state index contributed by atoms with van der Waals surface area (Å²) in [6.45, 7) is 7.08. The zero-order valence-electron chi connectivity index (χ0n) is 12.8. The van der Waals surface area contributed by atoms with Gasteiger partial charge in [0.2, 0.25) is 0 Å². The minimum absolute atomic E-state index is 0.216. The van der Waals surface area contributed by atoms with Crippen molar-refractivity contribution in [3.63, 3.8) is 0 Å². The first-order chi connectivity index (χ1) is 10.6. The lowest BCUT2D eigenvalue weighted by molar-refractivity contribution is 0.623. The molecule has 0 fully saturated rings. The molecule has 0 unspecified atom stereocenters. The third kappa shape index (κ3) is 3.61. The van der Waals surface area contributed by atoms with Crippen LogP contribution in [0.25, 0.3) is 10.4 Å². The summed E-state index contributed by atoms with van der Waals surface area (Å²) in [6, 6.07) is 6.50. The Morgan fingerprint density at radius 2 is 2.23 bits per heavy atom. The topological polar surface area (TPSA) is 66.6 Å². The largest absolute Gasteiger partial charge is 0.323 e. The molecule has 2 rings (SSSR count). The van der Waals surface area contributed by atoms with Gasteiger partial charge in [0, 0.05) is 16.4 Å². The summed E-state index contributed by atoms with van der Waals surface area (Å²) >= 11 is 1.49. The van der Waals surface area contributed by atoms with Crippen LogP contribution in [0.1, 0.15) is 38.2 Å². The highest BCUT2D eigenvalue weighted by Gasteiger charge is 2.19. The fourth-order valence-corrected chi connectivity index (χ4v) is 3.44. The first-order valence-corrected chi connectivity index (χ1v) is 7.92. The molecular weight excluding hydrogens is 301 g/mol. The first kappa shape index (κ1) is 16.4. The molecule has 0 aliphatic rings. The van der Waals surface area contributed by atoms with Crippen molar-refractivity contribution in [3.8, 4) is 0 Å². The lowest BCUT2D eigenvalue weighted by atomic mass is 10.1. The van der Waals surface area contributed by atoms with Crippen LogP contribution < -0.4 is 0 Å². The first-order valence-electron chi connectivity index (χ1n) is 7.10. The van der Waals surface area contributed by atoms with Crippen molar-refractivity contribution in [2.45, 2.75) is 49.7 Å². The van der Waals surface area contributed by atoms with E-state index in [1.807, 2.05) is 17.6 Å². The van der Waals surface area contributed by atoms with Gasteiger partial charge in [-0.3, -0.25) is 0 Å². The quantitative estimate of drug-likeness (QED) is 0.421. The van der Waals surface area contributed by atoms with Crippen molar-refractivity contribution >= 4 is 11.8 Å². The molecule has 7 heteroatoms. The summed E-state index contributed by atoms with van der Waals surface area (Å²) in [5.74, 6) is 0.713. The van der Waals surface area contributed by atoms with Gasteiger partial charge in [0.05, 0.1) is 12.2 Å². The molecule has 0 bridgehead atoms. The van der Waals surface area contributed by atoms with Crippen LogP contribution >= 0.6 is 11.8 Å². The lowest BCUT2D eigenvalue weighted by Gasteiger charge is -2.10. The standard InChI is InChI=1S/C15H18FN5S/c1-4-21-13(9-18-20-17)19-14(10(2)3)15(21)22-12-7-5-6-11(16)8-12/h5-8,10H,4,9H2,1-3H3. The Kier molecular flexibility index (Phi) is 5.46. The average molecular weight is 319 g/mol. The van der Waals surface area contributed by atoms with Crippen LogP contribution in [0.5, 0.6) is 0 Å². The number of halogens is 1. The van der Waals surface area contributed by atoms with Gasteiger partial charge in [-0.05, 0) is 36.6 Å². The monoisotopic (exact) mass is 319 g/mol. The Labute approximate surface area is 133 Å². The Morgan fingerprint density at radius 1 is 1.45 bits per heavy atom. The second-order valence-corrected chi connectivity index (χ2v) is 6.13. The highest BCUT2D eigenvalue weighted by atomic mass is 32.2. The normalized spacial score (nSPS) is 10.8. The summed E-state index contributed by atoms with van der Waals surface area (Å²) in [5.41, 5.74) is 9.46. The van der Waals surface area contributed by atoms with Crippen molar-refractivity contribution in [2.24, 2.45) is 5.11 Å². The molecular formula is C15H18FN5S. The van der Waals surface area contributed by atoms with E-state index in [1.165, 1.54) is 23.9 Å². The predicted octanol–water partition coefficient (Wildman–Crippen LogP) is 5.13. The van der Waals surface area contributed by atoms with Gasteiger partial charge >= 0.3 is 0 Å². The molecule has 0 aliphatic carbocycles. The molecule has 0 atom stereocenters. The highest BCUT2D eigenvalue weighted by Crippen LogP contribution is 2.35. The zero-order valence-corrected chi connectivity index (χ0v) is 13.6. The van der Waals surface area contributed by atoms with E-state index < -0.39 is 0 Å². The maximum absolute atomic E-state index is 13.4. The molecule has 116 valence electrons. The van der Waals surface area contributed by atoms with Gasteiger partial charge in [0.15, 0.2) is 0 Å². The molecule has 0 saturated heterocycles. The second kappa shape index (κ2) is 7.33. The van der Waals surface area contributed by atoms with E-state index in [0.29, 0.717) is 6.54 Å². The van der Waals surface area contributed by atoms with Crippen molar-refractivity contribution in [3.05, 3.63) is 52.0 Å². The molecule has 1 heterocycles. The molecule has 0 N–H and O–H groups in total. The Bertz CT molecular complexity index is 704. The number of azide groups is 1. The molecule has 22 heavy (non-hydrogen) atoms. The number of rotatable bonds is 6. The molecule has 1 aromatic carbocycles. The minimum atomic E-state index is -0.257. The lowest BCUT2D eigenvalue weighted by Crippen LogP contribution is -2.02. The molecule has 0 radical (unpaired) electrons. The maximum atomic E-state index is 13.4. The Balaban J connectivity index is 2.47. The van der Waals surface area contributed by atoms with Crippen molar-refractivity contribution in [1.29, 1.82) is 0 Å². The zero-order chi connectivity index (χ0) is 16.1. The van der Waals surface area contributed by atoms with Crippen molar-refractivity contribution < 1.29 is 4.39 Å². The van der Waals surface area contributed by atoms with Crippen molar-refractivity contribution in [1.82, 2.24) is 9.55 Å². The van der Waals surface area contributed by atoms with Gasteiger partial charge < -0.3 is 4.57 Å².